The van der Waals surface area contributed by atoms with Gasteiger partial charge in [-0.1, -0.05) is 23.7 Å². The zero-order valence-electron chi connectivity index (χ0n) is 16.7. The molecule has 0 saturated heterocycles. The van der Waals surface area contributed by atoms with Crippen LogP contribution in [0.15, 0.2) is 48.5 Å². The fourth-order valence-electron chi connectivity index (χ4n) is 3.52. The number of imide groups is 1. The molecule has 2 heterocycles. The number of rotatable bonds is 4. The second-order valence-electron chi connectivity index (χ2n) is 7.36. The third kappa shape index (κ3) is 3.53. The van der Waals surface area contributed by atoms with Crippen LogP contribution >= 0.6 is 22.9 Å². The monoisotopic (exact) mass is 438 g/mol. The van der Waals surface area contributed by atoms with Crippen molar-refractivity contribution in [2.45, 2.75) is 20.4 Å². The van der Waals surface area contributed by atoms with Crippen molar-refractivity contribution in [3.63, 3.8) is 0 Å². The van der Waals surface area contributed by atoms with E-state index in [9.17, 15) is 14.4 Å². The highest BCUT2D eigenvalue weighted by molar-refractivity contribution is 7.16. The quantitative estimate of drug-likeness (QED) is 0.533. The lowest BCUT2D eigenvalue weighted by Gasteiger charge is -2.17. The Morgan fingerprint density at radius 3 is 2.43 bits per heavy atom. The highest BCUT2D eigenvalue weighted by atomic mass is 35.5. The van der Waals surface area contributed by atoms with E-state index < -0.39 is 5.91 Å². The summed E-state index contributed by atoms with van der Waals surface area (Å²) in [5.41, 5.74) is 3.28. The number of thiophene rings is 1. The molecule has 0 spiro atoms. The van der Waals surface area contributed by atoms with Crippen LogP contribution in [0.4, 0.5) is 5.69 Å². The van der Waals surface area contributed by atoms with Gasteiger partial charge in [-0.15, -0.1) is 11.3 Å². The number of halogens is 1. The Kier molecular flexibility index (Phi) is 5.22. The number of benzene rings is 2. The van der Waals surface area contributed by atoms with E-state index >= 15 is 0 Å². The molecule has 152 valence electrons. The molecule has 0 N–H and O–H groups in total. The van der Waals surface area contributed by atoms with Crippen molar-refractivity contribution in [2.24, 2.45) is 0 Å². The topological polar surface area (TPSA) is 57.7 Å². The number of carbonyl (C=O) groups is 3. The maximum Gasteiger partial charge on any atom is 0.266 e. The molecule has 5 nitrogen and oxygen atoms in total. The van der Waals surface area contributed by atoms with Gasteiger partial charge in [-0.25, -0.2) is 4.90 Å². The van der Waals surface area contributed by atoms with Crippen molar-refractivity contribution in [2.75, 3.05) is 11.9 Å². The Morgan fingerprint density at radius 2 is 1.73 bits per heavy atom. The SMILES string of the molecule is Cc1ccc(C)c(N2C(=O)c3ccc(C(=O)N(C)Cc4ccc(Cl)s4)cc3C2=O)c1. The lowest BCUT2D eigenvalue weighted by Crippen LogP contribution is -2.30. The van der Waals surface area contributed by atoms with Crippen LogP contribution in [0.1, 0.15) is 47.1 Å². The maximum absolute atomic E-state index is 13.1. The first-order valence-corrected chi connectivity index (χ1v) is 10.6. The molecule has 0 atom stereocenters. The first-order valence-electron chi connectivity index (χ1n) is 9.36. The summed E-state index contributed by atoms with van der Waals surface area (Å²) in [7, 11) is 1.69. The summed E-state index contributed by atoms with van der Waals surface area (Å²) < 4.78 is 0.666. The van der Waals surface area contributed by atoms with Gasteiger partial charge in [-0.3, -0.25) is 14.4 Å². The maximum atomic E-state index is 13.1. The van der Waals surface area contributed by atoms with Gasteiger partial charge in [0.15, 0.2) is 0 Å². The van der Waals surface area contributed by atoms with E-state index in [0.717, 1.165) is 16.0 Å². The third-order valence-electron chi connectivity index (χ3n) is 5.11. The van der Waals surface area contributed by atoms with Crippen molar-refractivity contribution < 1.29 is 14.4 Å². The summed E-state index contributed by atoms with van der Waals surface area (Å²) in [6, 6.07) is 14.0. The van der Waals surface area contributed by atoms with Crippen molar-refractivity contribution >= 4 is 46.3 Å². The van der Waals surface area contributed by atoms with Crippen LogP contribution in [0, 0.1) is 13.8 Å². The predicted octanol–water partition coefficient (Wildman–Crippen LogP) is 5.09. The first-order chi connectivity index (χ1) is 14.3. The number of hydrogen-bond donors (Lipinski definition) is 0. The minimum Gasteiger partial charge on any atom is -0.337 e. The van der Waals surface area contributed by atoms with Crippen LogP contribution in [0.25, 0.3) is 0 Å². The van der Waals surface area contributed by atoms with Crippen LogP contribution in [0.5, 0.6) is 0 Å². The summed E-state index contributed by atoms with van der Waals surface area (Å²) in [5, 5.41) is 0. The predicted molar refractivity (Wildman–Crippen MR) is 119 cm³/mol. The molecule has 1 aliphatic rings. The molecule has 30 heavy (non-hydrogen) atoms. The van der Waals surface area contributed by atoms with E-state index in [1.54, 1.807) is 30.1 Å². The van der Waals surface area contributed by atoms with Crippen molar-refractivity contribution in [3.05, 3.63) is 85.6 Å². The molecular formula is C23H19ClN2O3S. The van der Waals surface area contributed by atoms with Gasteiger partial charge in [-0.05, 0) is 61.4 Å². The number of hydrogen-bond acceptors (Lipinski definition) is 4. The van der Waals surface area contributed by atoms with Gasteiger partial charge >= 0.3 is 0 Å². The largest absolute Gasteiger partial charge is 0.337 e. The number of nitrogens with zero attached hydrogens (tertiary/aromatic N) is 2. The van der Waals surface area contributed by atoms with E-state index in [-0.39, 0.29) is 17.4 Å². The number of fused-ring (bicyclic) bond motifs is 1. The average molecular weight is 439 g/mol. The molecule has 1 aliphatic heterocycles. The first kappa shape index (κ1) is 20.3. The molecule has 0 radical (unpaired) electrons. The second kappa shape index (κ2) is 7.70. The molecule has 3 aromatic rings. The molecule has 2 aromatic carbocycles. The van der Waals surface area contributed by atoms with Crippen LogP contribution in [-0.4, -0.2) is 29.7 Å². The molecule has 4 rings (SSSR count). The number of anilines is 1. The minimum absolute atomic E-state index is 0.229. The Bertz CT molecular complexity index is 1200. The number of aryl methyl sites for hydroxylation is 2. The summed E-state index contributed by atoms with van der Waals surface area (Å²) in [6.07, 6.45) is 0. The van der Waals surface area contributed by atoms with Crippen molar-refractivity contribution in [1.29, 1.82) is 0 Å². The number of amides is 3. The highest BCUT2D eigenvalue weighted by Gasteiger charge is 2.38. The molecule has 1 aromatic heterocycles. The Hall–Kier alpha value is -2.96. The molecule has 0 unspecified atom stereocenters. The zero-order chi connectivity index (χ0) is 21.6. The summed E-state index contributed by atoms with van der Waals surface area (Å²) in [5.74, 6) is -1.01. The van der Waals surface area contributed by atoms with E-state index in [1.165, 1.54) is 22.3 Å². The second-order valence-corrected chi connectivity index (χ2v) is 9.16. The smallest absolute Gasteiger partial charge is 0.266 e. The van der Waals surface area contributed by atoms with E-state index in [0.29, 0.717) is 27.7 Å². The molecule has 0 aliphatic carbocycles. The van der Waals surface area contributed by atoms with Crippen molar-refractivity contribution in [3.8, 4) is 0 Å². The van der Waals surface area contributed by atoms with Gasteiger partial charge < -0.3 is 4.90 Å². The van der Waals surface area contributed by atoms with Crippen LogP contribution < -0.4 is 4.90 Å². The van der Waals surface area contributed by atoms with E-state index in [2.05, 4.69) is 0 Å². The summed E-state index contributed by atoms with van der Waals surface area (Å²) in [4.78, 5) is 42.6. The highest BCUT2D eigenvalue weighted by Crippen LogP contribution is 2.32. The normalized spacial score (nSPS) is 13.0. The lowest BCUT2D eigenvalue weighted by atomic mass is 10.0. The Balaban J connectivity index is 1.63. The van der Waals surface area contributed by atoms with Gasteiger partial charge in [0.1, 0.15) is 0 Å². The zero-order valence-corrected chi connectivity index (χ0v) is 18.3. The Labute approximate surface area is 183 Å². The molecule has 0 saturated carbocycles. The fraction of sp³-hybridized carbons (Fsp3) is 0.174. The van der Waals surface area contributed by atoms with Gasteiger partial charge in [-0.2, -0.15) is 0 Å². The summed E-state index contributed by atoms with van der Waals surface area (Å²) in [6.45, 7) is 4.18. The van der Waals surface area contributed by atoms with Gasteiger partial charge in [0, 0.05) is 17.5 Å². The van der Waals surface area contributed by atoms with Gasteiger partial charge in [0.25, 0.3) is 17.7 Å². The molecule has 0 fully saturated rings. The fourth-order valence-corrected chi connectivity index (χ4v) is 4.66. The Morgan fingerprint density at radius 1 is 1.00 bits per heavy atom. The van der Waals surface area contributed by atoms with Crippen molar-refractivity contribution in [1.82, 2.24) is 4.90 Å². The molecule has 3 amide bonds. The minimum atomic E-state index is -0.411. The molecular weight excluding hydrogens is 420 g/mol. The van der Waals surface area contributed by atoms with Crippen LogP contribution in [0.2, 0.25) is 4.34 Å². The lowest BCUT2D eigenvalue weighted by molar-refractivity contribution is 0.0786. The summed E-state index contributed by atoms with van der Waals surface area (Å²) >= 11 is 7.38. The van der Waals surface area contributed by atoms with Crippen LogP contribution in [0.3, 0.4) is 0 Å². The third-order valence-corrected chi connectivity index (χ3v) is 6.32. The molecule has 0 bridgehead atoms. The van der Waals surface area contributed by atoms with Crippen LogP contribution in [-0.2, 0) is 6.54 Å². The molecule has 7 heteroatoms. The number of carbonyl (C=O) groups excluding carboxylic acids is 3. The van der Waals surface area contributed by atoms with E-state index in [1.807, 2.05) is 38.1 Å². The van der Waals surface area contributed by atoms with Gasteiger partial charge in [0.05, 0.1) is 27.7 Å². The average Bonchev–Trinajstić information content (AvgIpc) is 3.23. The van der Waals surface area contributed by atoms with E-state index in [4.69, 9.17) is 11.6 Å². The van der Waals surface area contributed by atoms with Gasteiger partial charge in [0.2, 0.25) is 0 Å². The standard InChI is InChI=1S/C23H19ClN2O3S/c1-13-4-5-14(2)19(10-13)26-22(28)17-8-6-15(11-18(17)23(26)29)21(27)25(3)12-16-7-9-20(24)30-16/h4-11H,12H2,1-3H3.